The fourth-order valence-electron chi connectivity index (χ4n) is 0.386. The molecule has 1 heterocycles. The van der Waals surface area contributed by atoms with Gasteiger partial charge >= 0.3 is 0 Å². The molecule has 3 nitrogen and oxygen atoms in total. The molecule has 1 aliphatic heterocycles. The van der Waals surface area contributed by atoms with Gasteiger partial charge < -0.3 is 4.90 Å². The summed E-state index contributed by atoms with van der Waals surface area (Å²) in [5.74, 6) is 0. The molecule has 1 amide bonds. The Hall–Kier alpha value is -0.510. The van der Waals surface area contributed by atoms with Gasteiger partial charge in [0.1, 0.15) is 6.67 Å². The van der Waals surface area contributed by atoms with E-state index >= 15 is 0 Å². The monoisotopic (exact) mass is 130 g/mol. The van der Waals surface area contributed by atoms with Gasteiger partial charge in [-0.25, -0.2) is 0 Å². The number of hydrogen-bond acceptors (Lipinski definition) is 3. The van der Waals surface area contributed by atoms with Crippen molar-refractivity contribution in [3.8, 4) is 0 Å². The highest BCUT2D eigenvalue weighted by molar-refractivity contribution is 8.24. The molecule has 0 aromatic rings. The Kier molecular flexibility index (Phi) is 1.53. The Bertz CT molecular complexity index is 134. The van der Waals surface area contributed by atoms with E-state index < -0.39 is 0 Å². The van der Waals surface area contributed by atoms with Crippen molar-refractivity contribution in [2.75, 3.05) is 13.7 Å². The van der Waals surface area contributed by atoms with Crippen LogP contribution < -0.4 is 0 Å². The first-order chi connectivity index (χ1) is 3.80. The summed E-state index contributed by atoms with van der Waals surface area (Å²) in [7, 11) is 1.73. The summed E-state index contributed by atoms with van der Waals surface area (Å²) in [4.78, 5) is 16.0. The van der Waals surface area contributed by atoms with Crippen molar-refractivity contribution in [3.63, 3.8) is 0 Å². The maximum absolute atomic E-state index is 10.6. The van der Waals surface area contributed by atoms with E-state index in [1.165, 1.54) is 0 Å². The predicted octanol–water partition coefficient (Wildman–Crippen LogP) is 0.771. The molecule has 0 N–H and O–H groups in total. The summed E-state index contributed by atoms with van der Waals surface area (Å²) in [6.45, 7) is 0.506. The lowest BCUT2D eigenvalue weighted by molar-refractivity contribution is 0.234. The van der Waals surface area contributed by atoms with Gasteiger partial charge in [-0.1, -0.05) is 0 Å². The van der Waals surface area contributed by atoms with Crippen LogP contribution in [0.4, 0.5) is 4.79 Å². The summed E-state index contributed by atoms with van der Waals surface area (Å²) >= 11 is 1.12. The summed E-state index contributed by atoms with van der Waals surface area (Å²) in [6, 6.07) is 0. The van der Waals surface area contributed by atoms with Crippen LogP contribution in [0.15, 0.2) is 4.99 Å². The third kappa shape index (κ3) is 1.01. The molecule has 44 valence electrons. The number of rotatable bonds is 0. The van der Waals surface area contributed by atoms with Crippen LogP contribution in [0.25, 0.3) is 0 Å². The van der Waals surface area contributed by atoms with Crippen LogP contribution in [0.2, 0.25) is 0 Å². The van der Waals surface area contributed by atoms with Gasteiger partial charge in [0.25, 0.3) is 5.24 Å². The van der Waals surface area contributed by atoms with E-state index in [4.69, 9.17) is 0 Å². The summed E-state index contributed by atoms with van der Waals surface area (Å²) in [5.41, 5.74) is 1.57. The fraction of sp³-hybridized carbons (Fsp3) is 0.500. The van der Waals surface area contributed by atoms with Crippen LogP contribution in [0.5, 0.6) is 0 Å². The molecule has 0 radical (unpaired) electrons. The lowest BCUT2D eigenvalue weighted by atomic mass is 10.9. The van der Waals surface area contributed by atoms with Gasteiger partial charge in [0.15, 0.2) is 0 Å². The second-order valence-corrected chi connectivity index (χ2v) is 2.31. The van der Waals surface area contributed by atoms with Gasteiger partial charge in [-0.15, -0.1) is 0 Å². The molecule has 0 aliphatic carbocycles. The van der Waals surface area contributed by atoms with Crippen molar-refractivity contribution < 1.29 is 4.79 Å². The van der Waals surface area contributed by atoms with Crippen LogP contribution in [0, 0.1) is 0 Å². The average Bonchev–Trinajstić information content (AvgIpc) is 1.77. The van der Waals surface area contributed by atoms with Crippen LogP contribution >= 0.6 is 11.8 Å². The second kappa shape index (κ2) is 2.17. The van der Waals surface area contributed by atoms with Crippen LogP contribution in [0.3, 0.4) is 0 Å². The first kappa shape index (κ1) is 5.62. The van der Waals surface area contributed by atoms with Crippen LogP contribution in [0.1, 0.15) is 0 Å². The Morgan fingerprint density at radius 3 is 3.12 bits per heavy atom. The van der Waals surface area contributed by atoms with Gasteiger partial charge in [-0.3, -0.25) is 9.79 Å². The zero-order valence-corrected chi connectivity index (χ0v) is 5.31. The van der Waals surface area contributed by atoms with E-state index in [0.717, 1.165) is 11.8 Å². The fourth-order valence-corrected chi connectivity index (χ4v) is 0.855. The number of carbonyl (C=O) groups is 1. The SMILES string of the molecule is CN1CN=CSC1=O. The quantitative estimate of drug-likeness (QED) is 0.485. The molecule has 0 aromatic heterocycles. The lowest BCUT2D eigenvalue weighted by Gasteiger charge is -2.14. The first-order valence-electron chi connectivity index (χ1n) is 2.21. The van der Waals surface area contributed by atoms with Crippen molar-refractivity contribution in [1.29, 1.82) is 0 Å². The summed E-state index contributed by atoms with van der Waals surface area (Å²) in [5, 5.41) is 0.0694. The molecule has 0 saturated carbocycles. The van der Waals surface area contributed by atoms with E-state index in [2.05, 4.69) is 4.99 Å². The average molecular weight is 130 g/mol. The molecule has 1 rings (SSSR count). The predicted molar refractivity (Wildman–Crippen MR) is 34.1 cm³/mol. The van der Waals surface area contributed by atoms with E-state index in [-0.39, 0.29) is 5.24 Å². The normalized spacial score (nSPS) is 19.6. The van der Waals surface area contributed by atoms with Crippen molar-refractivity contribution in [1.82, 2.24) is 4.90 Å². The molecule has 0 atom stereocenters. The Morgan fingerprint density at radius 1 is 2.00 bits per heavy atom. The third-order valence-electron chi connectivity index (χ3n) is 0.834. The largest absolute Gasteiger partial charge is 0.317 e. The van der Waals surface area contributed by atoms with Gasteiger partial charge in [0.05, 0.1) is 5.55 Å². The van der Waals surface area contributed by atoms with Crippen molar-refractivity contribution in [2.24, 2.45) is 4.99 Å². The molecule has 1 aliphatic rings. The highest BCUT2D eigenvalue weighted by Crippen LogP contribution is 2.07. The molecular formula is C4H6N2OS. The molecule has 0 spiro atoms. The maximum atomic E-state index is 10.6. The first-order valence-corrected chi connectivity index (χ1v) is 3.09. The zero-order valence-electron chi connectivity index (χ0n) is 4.50. The third-order valence-corrected chi connectivity index (χ3v) is 1.60. The minimum atomic E-state index is 0.0694. The topological polar surface area (TPSA) is 32.7 Å². The Morgan fingerprint density at radius 2 is 2.75 bits per heavy atom. The molecule has 4 heteroatoms. The van der Waals surface area contributed by atoms with Crippen molar-refractivity contribution >= 4 is 22.5 Å². The summed E-state index contributed by atoms with van der Waals surface area (Å²) in [6.07, 6.45) is 0. The second-order valence-electron chi connectivity index (χ2n) is 1.51. The molecule has 0 saturated heterocycles. The number of aliphatic imine (C=N–C) groups is 1. The molecule has 8 heavy (non-hydrogen) atoms. The molecule has 0 bridgehead atoms. The minimum Gasteiger partial charge on any atom is -0.317 e. The van der Waals surface area contributed by atoms with Gasteiger partial charge in [-0.2, -0.15) is 0 Å². The zero-order chi connectivity index (χ0) is 5.98. The number of nitrogens with zero attached hydrogens (tertiary/aromatic N) is 2. The van der Waals surface area contributed by atoms with Crippen LogP contribution in [-0.4, -0.2) is 29.4 Å². The van der Waals surface area contributed by atoms with E-state index in [0.29, 0.717) is 6.67 Å². The highest BCUT2D eigenvalue weighted by Gasteiger charge is 2.09. The Labute approximate surface area is 51.8 Å². The molecule has 0 aromatic carbocycles. The lowest BCUT2D eigenvalue weighted by Crippen LogP contribution is -2.25. The highest BCUT2D eigenvalue weighted by atomic mass is 32.2. The van der Waals surface area contributed by atoms with Gasteiger partial charge in [-0.05, 0) is 11.8 Å². The van der Waals surface area contributed by atoms with E-state index in [9.17, 15) is 4.79 Å². The van der Waals surface area contributed by atoms with Crippen molar-refractivity contribution in [3.05, 3.63) is 0 Å². The van der Waals surface area contributed by atoms with Gasteiger partial charge in [0, 0.05) is 7.05 Å². The maximum Gasteiger partial charge on any atom is 0.288 e. The number of amides is 1. The van der Waals surface area contributed by atoms with Crippen molar-refractivity contribution in [2.45, 2.75) is 0 Å². The molecule has 0 unspecified atom stereocenters. The number of thioether (sulfide) groups is 1. The van der Waals surface area contributed by atoms with E-state index in [1.54, 1.807) is 17.5 Å². The minimum absolute atomic E-state index is 0.0694. The molecule has 0 fully saturated rings. The Balaban J connectivity index is 2.57. The van der Waals surface area contributed by atoms with E-state index in [1.807, 2.05) is 0 Å². The standard InChI is InChI=1S/C4H6N2OS/c1-6-2-5-3-8-4(6)7/h3H,2H2,1H3. The summed E-state index contributed by atoms with van der Waals surface area (Å²) < 4.78 is 0. The number of carbonyl (C=O) groups excluding carboxylic acids is 1. The number of hydrogen-bond donors (Lipinski definition) is 0. The van der Waals surface area contributed by atoms with Gasteiger partial charge in [0.2, 0.25) is 0 Å². The van der Waals surface area contributed by atoms with Crippen LogP contribution in [-0.2, 0) is 0 Å². The molecular weight excluding hydrogens is 124 g/mol. The smallest absolute Gasteiger partial charge is 0.288 e.